The van der Waals surface area contributed by atoms with Gasteiger partial charge >= 0.3 is 0 Å². The fourth-order valence-corrected chi connectivity index (χ4v) is 2.73. The van der Waals surface area contributed by atoms with Gasteiger partial charge in [-0.05, 0) is 18.6 Å². The summed E-state index contributed by atoms with van der Waals surface area (Å²) >= 11 is 0. The van der Waals surface area contributed by atoms with Crippen LogP contribution in [0.25, 0.3) is 0 Å². The van der Waals surface area contributed by atoms with Gasteiger partial charge in [-0.2, -0.15) is 0 Å². The highest BCUT2D eigenvalue weighted by Gasteiger charge is 2.45. The zero-order chi connectivity index (χ0) is 14.6. The Labute approximate surface area is 120 Å². The van der Waals surface area contributed by atoms with Crippen molar-refractivity contribution in [3.8, 4) is 0 Å². The van der Waals surface area contributed by atoms with E-state index in [0.29, 0.717) is 32.5 Å². The fraction of sp³-hybridized carbons (Fsp3) is 0.625. The Balaban J connectivity index is 0.000000704. The predicted octanol–water partition coefficient (Wildman–Crippen LogP) is 3.00. The van der Waals surface area contributed by atoms with Gasteiger partial charge in [-0.3, -0.25) is 9.78 Å². The molecule has 1 unspecified atom stereocenters. The van der Waals surface area contributed by atoms with Crippen LogP contribution in [0.1, 0.15) is 50.3 Å². The average Bonchev–Trinajstić information content (AvgIpc) is 2.94. The number of ether oxygens (including phenoxy) is 2. The molecular weight excluding hydrogens is 254 g/mol. The Kier molecular flexibility index (Phi) is 4.89. The van der Waals surface area contributed by atoms with Crippen LogP contribution in [0, 0.1) is 6.92 Å². The van der Waals surface area contributed by atoms with E-state index in [-0.39, 0.29) is 11.7 Å². The summed E-state index contributed by atoms with van der Waals surface area (Å²) in [6.07, 6.45) is 3.59. The highest BCUT2D eigenvalue weighted by molar-refractivity contribution is 5.86. The van der Waals surface area contributed by atoms with Crippen molar-refractivity contribution in [2.24, 2.45) is 0 Å². The van der Waals surface area contributed by atoms with E-state index in [0.717, 1.165) is 11.3 Å². The largest absolute Gasteiger partial charge is 0.347 e. The van der Waals surface area contributed by atoms with E-state index >= 15 is 0 Å². The molecule has 0 bridgehead atoms. The van der Waals surface area contributed by atoms with E-state index in [1.807, 2.05) is 32.9 Å². The summed E-state index contributed by atoms with van der Waals surface area (Å²) < 4.78 is 11.4. The molecule has 1 aromatic rings. The standard InChI is InChI=1S/C14H17NO3.C2H6/c1-10-2-3-12(15-9-10)11-8-14(5-4-13(11)16)17-6-7-18-14;1-2/h2-3,9,11H,4-8H2,1H3;1-2H3. The molecule has 0 amide bonds. The van der Waals surface area contributed by atoms with Gasteiger partial charge in [0.05, 0.1) is 24.8 Å². The molecule has 4 heteroatoms. The molecule has 3 rings (SSSR count). The molecule has 1 spiro atoms. The Morgan fingerprint density at radius 2 is 1.95 bits per heavy atom. The van der Waals surface area contributed by atoms with Gasteiger partial charge in [0.15, 0.2) is 5.79 Å². The zero-order valence-electron chi connectivity index (χ0n) is 12.5. The first kappa shape index (κ1) is 15.1. The molecule has 1 aromatic heterocycles. The number of hydrogen-bond acceptors (Lipinski definition) is 4. The van der Waals surface area contributed by atoms with Gasteiger partial charge in [-0.25, -0.2) is 0 Å². The first-order valence-electron chi connectivity index (χ1n) is 7.42. The van der Waals surface area contributed by atoms with Gasteiger partial charge in [-0.15, -0.1) is 0 Å². The number of carbonyl (C=O) groups is 1. The van der Waals surface area contributed by atoms with Crippen LogP contribution in [0.2, 0.25) is 0 Å². The maximum Gasteiger partial charge on any atom is 0.170 e. The molecule has 20 heavy (non-hydrogen) atoms. The van der Waals surface area contributed by atoms with Crippen LogP contribution in [0.4, 0.5) is 0 Å². The van der Waals surface area contributed by atoms with E-state index in [1.54, 1.807) is 6.20 Å². The molecule has 2 aliphatic rings. The van der Waals surface area contributed by atoms with Gasteiger partial charge < -0.3 is 9.47 Å². The number of nitrogens with zero attached hydrogens (tertiary/aromatic N) is 1. The normalized spacial score (nSPS) is 24.4. The lowest BCUT2D eigenvalue weighted by Gasteiger charge is -2.35. The quantitative estimate of drug-likeness (QED) is 0.791. The van der Waals surface area contributed by atoms with E-state index < -0.39 is 5.79 Å². The Morgan fingerprint density at radius 1 is 1.25 bits per heavy atom. The van der Waals surface area contributed by atoms with Gasteiger partial charge in [0.2, 0.25) is 0 Å². The monoisotopic (exact) mass is 277 g/mol. The number of aromatic nitrogens is 1. The third-order valence-corrected chi connectivity index (χ3v) is 3.76. The van der Waals surface area contributed by atoms with Crippen molar-refractivity contribution in [3.63, 3.8) is 0 Å². The van der Waals surface area contributed by atoms with Crippen molar-refractivity contribution in [2.45, 2.75) is 51.7 Å². The summed E-state index contributed by atoms with van der Waals surface area (Å²) in [5.74, 6) is -0.473. The highest BCUT2D eigenvalue weighted by Crippen LogP contribution is 2.40. The third kappa shape index (κ3) is 3.07. The third-order valence-electron chi connectivity index (χ3n) is 3.76. The molecule has 1 saturated heterocycles. The van der Waals surface area contributed by atoms with Crippen LogP contribution in [-0.4, -0.2) is 29.8 Å². The Morgan fingerprint density at radius 3 is 2.55 bits per heavy atom. The van der Waals surface area contributed by atoms with Crippen molar-refractivity contribution in [2.75, 3.05) is 13.2 Å². The number of Topliss-reactive ketones (excluding diaryl/α,β-unsaturated/α-hetero) is 1. The summed E-state index contributed by atoms with van der Waals surface area (Å²) in [5.41, 5.74) is 1.94. The van der Waals surface area contributed by atoms with Gasteiger partial charge in [0.25, 0.3) is 0 Å². The van der Waals surface area contributed by atoms with E-state index in [1.165, 1.54) is 0 Å². The van der Waals surface area contributed by atoms with E-state index in [2.05, 4.69) is 4.98 Å². The number of ketones is 1. The molecule has 0 aromatic carbocycles. The van der Waals surface area contributed by atoms with E-state index in [4.69, 9.17) is 9.47 Å². The topological polar surface area (TPSA) is 48.4 Å². The van der Waals surface area contributed by atoms with Crippen LogP contribution < -0.4 is 0 Å². The van der Waals surface area contributed by atoms with Crippen LogP contribution in [0.3, 0.4) is 0 Å². The molecule has 0 radical (unpaired) electrons. The number of carbonyl (C=O) groups excluding carboxylic acids is 1. The molecule has 1 aliphatic carbocycles. The summed E-state index contributed by atoms with van der Waals surface area (Å²) in [7, 11) is 0. The Bertz CT molecular complexity index is 449. The maximum atomic E-state index is 12.1. The van der Waals surface area contributed by atoms with Crippen molar-refractivity contribution < 1.29 is 14.3 Å². The smallest absolute Gasteiger partial charge is 0.170 e. The second-order valence-corrected chi connectivity index (χ2v) is 5.09. The molecule has 1 saturated carbocycles. The molecular formula is C16H23NO3. The molecule has 4 nitrogen and oxygen atoms in total. The highest BCUT2D eigenvalue weighted by atomic mass is 16.7. The second kappa shape index (κ2) is 6.46. The summed E-state index contributed by atoms with van der Waals surface area (Å²) in [6.45, 7) is 7.24. The first-order chi connectivity index (χ1) is 9.69. The Hall–Kier alpha value is -1.26. The number of aryl methyl sites for hydroxylation is 1. The lowest BCUT2D eigenvalue weighted by Crippen LogP contribution is -2.39. The SMILES string of the molecule is CC.Cc1ccc(C2CC3(CCC2=O)OCCO3)nc1. The first-order valence-corrected chi connectivity index (χ1v) is 7.42. The second-order valence-electron chi connectivity index (χ2n) is 5.09. The molecule has 1 atom stereocenters. The van der Waals surface area contributed by atoms with E-state index in [9.17, 15) is 4.79 Å². The van der Waals surface area contributed by atoms with Crippen molar-refractivity contribution in [1.29, 1.82) is 0 Å². The van der Waals surface area contributed by atoms with Crippen LogP contribution in [-0.2, 0) is 14.3 Å². The lowest BCUT2D eigenvalue weighted by molar-refractivity contribution is -0.183. The number of rotatable bonds is 1. The molecule has 110 valence electrons. The summed E-state index contributed by atoms with van der Waals surface area (Å²) in [5, 5.41) is 0. The van der Waals surface area contributed by atoms with Crippen molar-refractivity contribution >= 4 is 5.78 Å². The van der Waals surface area contributed by atoms with Crippen LogP contribution in [0.15, 0.2) is 18.3 Å². The van der Waals surface area contributed by atoms with Gasteiger partial charge in [0.1, 0.15) is 5.78 Å². The van der Waals surface area contributed by atoms with Crippen LogP contribution in [0.5, 0.6) is 0 Å². The predicted molar refractivity (Wildman–Crippen MR) is 76.6 cm³/mol. The maximum absolute atomic E-state index is 12.1. The average molecular weight is 277 g/mol. The fourth-order valence-electron chi connectivity index (χ4n) is 2.73. The molecule has 1 aliphatic heterocycles. The zero-order valence-corrected chi connectivity index (χ0v) is 12.5. The summed E-state index contributed by atoms with van der Waals surface area (Å²) in [4.78, 5) is 16.4. The minimum Gasteiger partial charge on any atom is -0.347 e. The number of pyridine rings is 1. The minimum absolute atomic E-state index is 0.183. The van der Waals surface area contributed by atoms with Gasteiger partial charge in [0, 0.05) is 25.5 Å². The van der Waals surface area contributed by atoms with Gasteiger partial charge in [-0.1, -0.05) is 19.9 Å². The van der Waals surface area contributed by atoms with Crippen molar-refractivity contribution in [3.05, 3.63) is 29.6 Å². The van der Waals surface area contributed by atoms with Crippen molar-refractivity contribution in [1.82, 2.24) is 4.98 Å². The molecule has 0 N–H and O–H groups in total. The molecule has 2 fully saturated rings. The number of hydrogen-bond donors (Lipinski definition) is 0. The summed E-state index contributed by atoms with van der Waals surface area (Å²) in [6, 6.07) is 3.93. The lowest BCUT2D eigenvalue weighted by atomic mass is 9.81. The molecule has 2 heterocycles. The van der Waals surface area contributed by atoms with Crippen LogP contribution >= 0.6 is 0 Å². The minimum atomic E-state index is -0.537.